The van der Waals surface area contributed by atoms with E-state index < -0.39 is 0 Å². The van der Waals surface area contributed by atoms with Crippen LogP contribution in [0, 0.1) is 0 Å². The van der Waals surface area contributed by atoms with E-state index in [1.54, 1.807) is 17.5 Å². The normalized spacial score (nSPS) is 17.8. The van der Waals surface area contributed by atoms with E-state index >= 15 is 0 Å². The molecule has 2 heterocycles. The number of aromatic nitrogens is 1. The second-order valence-electron chi connectivity index (χ2n) is 5.53. The predicted octanol–water partition coefficient (Wildman–Crippen LogP) is 4.89. The van der Waals surface area contributed by atoms with E-state index in [0.717, 1.165) is 24.4 Å². The Hall–Kier alpha value is -1.01. The summed E-state index contributed by atoms with van der Waals surface area (Å²) >= 11 is 19.5. The first-order valence-electron chi connectivity index (χ1n) is 7.49. The van der Waals surface area contributed by atoms with Gasteiger partial charge in [-0.25, -0.2) is 4.98 Å². The number of carbonyl (C=O) groups excluding carboxylic acids is 1. The van der Waals surface area contributed by atoms with Crippen molar-refractivity contribution in [3.05, 3.63) is 43.8 Å². The van der Waals surface area contributed by atoms with E-state index in [1.807, 2.05) is 10.3 Å². The first kappa shape index (κ1) is 17.8. The highest BCUT2D eigenvalue weighted by Crippen LogP contribution is 2.34. The Labute approximate surface area is 159 Å². The molecule has 0 N–H and O–H groups in total. The number of carbonyl (C=O) groups is 1. The lowest BCUT2D eigenvalue weighted by molar-refractivity contribution is -0.134. The molecule has 4 nitrogen and oxygen atoms in total. The lowest BCUT2D eigenvalue weighted by Crippen LogP contribution is -2.41. The van der Waals surface area contributed by atoms with Crippen molar-refractivity contribution in [2.24, 2.45) is 0 Å². The van der Waals surface area contributed by atoms with Crippen molar-refractivity contribution in [1.82, 2.24) is 9.88 Å². The third-order valence-electron chi connectivity index (χ3n) is 3.90. The zero-order valence-electron chi connectivity index (χ0n) is 12.7. The van der Waals surface area contributed by atoms with Gasteiger partial charge in [-0.2, -0.15) is 0 Å². The fraction of sp³-hybridized carbons (Fsp3) is 0.375. The number of rotatable bonds is 4. The molecule has 128 valence electrons. The van der Waals surface area contributed by atoms with E-state index in [1.165, 1.54) is 12.1 Å². The average Bonchev–Trinajstić information content (AvgIpc) is 3.11. The Kier molecular flexibility index (Phi) is 5.87. The Balaban J connectivity index is 1.60. The first-order valence-corrected chi connectivity index (χ1v) is 9.50. The molecule has 1 aliphatic rings. The van der Waals surface area contributed by atoms with Crippen molar-refractivity contribution in [3.8, 4) is 5.75 Å². The van der Waals surface area contributed by atoms with Crippen LogP contribution in [0.25, 0.3) is 0 Å². The van der Waals surface area contributed by atoms with Gasteiger partial charge >= 0.3 is 0 Å². The minimum absolute atomic E-state index is 0.0709. The first-order chi connectivity index (χ1) is 11.5. The molecule has 0 radical (unpaired) electrons. The fourth-order valence-electron chi connectivity index (χ4n) is 2.69. The van der Waals surface area contributed by atoms with Gasteiger partial charge in [0, 0.05) is 36.7 Å². The summed E-state index contributed by atoms with van der Waals surface area (Å²) in [4.78, 5) is 18.6. The molecule has 1 fully saturated rings. The molecule has 1 unspecified atom stereocenters. The highest BCUT2D eigenvalue weighted by molar-refractivity contribution is 7.09. The van der Waals surface area contributed by atoms with Crippen molar-refractivity contribution < 1.29 is 9.53 Å². The van der Waals surface area contributed by atoms with Crippen LogP contribution in [0.5, 0.6) is 5.75 Å². The molecule has 0 spiro atoms. The highest BCUT2D eigenvalue weighted by atomic mass is 35.5. The maximum Gasteiger partial charge on any atom is 0.260 e. The van der Waals surface area contributed by atoms with Gasteiger partial charge in [0.15, 0.2) is 6.61 Å². The van der Waals surface area contributed by atoms with Gasteiger partial charge < -0.3 is 9.64 Å². The summed E-state index contributed by atoms with van der Waals surface area (Å²) in [7, 11) is 0. The Morgan fingerprint density at radius 2 is 2.08 bits per heavy atom. The van der Waals surface area contributed by atoms with E-state index in [9.17, 15) is 4.79 Å². The van der Waals surface area contributed by atoms with Gasteiger partial charge in [0.2, 0.25) is 0 Å². The van der Waals surface area contributed by atoms with Gasteiger partial charge in [0.05, 0.1) is 20.1 Å². The molecular weight excluding hydrogens is 391 g/mol. The molecule has 0 bridgehead atoms. The number of halogens is 3. The molecule has 1 aliphatic heterocycles. The van der Waals surface area contributed by atoms with Crippen molar-refractivity contribution in [2.45, 2.75) is 18.8 Å². The maximum absolute atomic E-state index is 12.4. The number of ether oxygens (including phenoxy) is 1. The summed E-state index contributed by atoms with van der Waals surface area (Å²) in [6.07, 6.45) is 3.82. The van der Waals surface area contributed by atoms with Crippen LogP contribution in [0.15, 0.2) is 23.7 Å². The number of hydrogen-bond acceptors (Lipinski definition) is 4. The van der Waals surface area contributed by atoms with Gasteiger partial charge in [0.1, 0.15) is 5.75 Å². The molecule has 0 aliphatic carbocycles. The minimum atomic E-state index is -0.0811. The highest BCUT2D eigenvalue weighted by Gasteiger charge is 2.26. The van der Waals surface area contributed by atoms with Crippen LogP contribution < -0.4 is 4.74 Å². The van der Waals surface area contributed by atoms with Crippen molar-refractivity contribution >= 4 is 52.0 Å². The smallest absolute Gasteiger partial charge is 0.260 e. The largest absolute Gasteiger partial charge is 0.482 e. The van der Waals surface area contributed by atoms with E-state index in [-0.39, 0.29) is 12.5 Å². The Morgan fingerprint density at radius 1 is 1.29 bits per heavy atom. The molecule has 3 rings (SSSR count). The molecule has 1 atom stereocenters. The SMILES string of the molecule is O=C(COc1cc(Cl)c(Cl)cc1Cl)N1CCCC(c2nccs2)C1. The van der Waals surface area contributed by atoms with Crippen LogP contribution in [0.1, 0.15) is 23.8 Å². The number of hydrogen-bond donors (Lipinski definition) is 0. The summed E-state index contributed by atoms with van der Waals surface area (Å²) < 4.78 is 5.53. The molecule has 8 heteroatoms. The molecule has 1 amide bonds. The maximum atomic E-state index is 12.4. The topological polar surface area (TPSA) is 42.4 Å². The van der Waals surface area contributed by atoms with Crippen LogP contribution in [0.4, 0.5) is 0 Å². The number of piperidine rings is 1. The fourth-order valence-corrected chi connectivity index (χ4v) is 4.05. The van der Waals surface area contributed by atoms with Gasteiger partial charge in [-0.15, -0.1) is 11.3 Å². The van der Waals surface area contributed by atoms with E-state index in [2.05, 4.69) is 4.98 Å². The van der Waals surface area contributed by atoms with E-state index in [4.69, 9.17) is 39.5 Å². The molecular formula is C16H15Cl3N2O2S. The third kappa shape index (κ3) is 4.14. The van der Waals surface area contributed by atoms with Gasteiger partial charge in [-0.3, -0.25) is 4.79 Å². The summed E-state index contributed by atoms with van der Waals surface area (Å²) in [5.74, 6) is 0.586. The second-order valence-corrected chi connectivity index (χ2v) is 7.68. The predicted molar refractivity (Wildman–Crippen MR) is 97.6 cm³/mol. The number of nitrogens with zero attached hydrogens (tertiary/aromatic N) is 2. The third-order valence-corrected chi connectivity index (χ3v) is 5.86. The van der Waals surface area contributed by atoms with Crippen molar-refractivity contribution in [3.63, 3.8) is 0 Å². The molecule has 0 saturated carbocycles. The number of thiazole rings is 1. The summed E-state index contributed by atoms with van der Waals surface area (Å²) in [5, 5.41) is 4.07. The van der Waals surface area contributed by atoms with Crippen LogP contribution in [-0.2, 0) is 4.79 Å². The van der Waals surface area contributed by atoms with Crippen molar-refractivity contribution in [2.75, 3.05) is 19.7 Å². The van der Waals surface area contributed by atoms with Crippen LogP contribution in [-0.4, -0.2) is 35.5 Å². The van der Waals surface area contributed by atoms with Gasteiger partial charge in [0.25, 0.3) is 5.91 Å². The van der Waals surface area contributed by atoms with Crippen LogP contribution in [0.2, 0.25) is 15.1 Å². The summed E-state index contributed by atoms with van der Waals surface area (Å²) in [6, 6.07) is 3.03. The van der Waals surface area contributed by atoms with Gasteiger partial charge in [-0.1, -0.05) is 34.8 Å². The quantitative estimate of drug-likeness (QED) is 0.680. The standard InChI is InChI=1S/C16H15Cl3N2O2S/c17-11-6-13(19)14(7-12(11)18)23-9-15(22)21-4-1-2-10(8-21)16-20-3-5-24-16/h3,5-7,10H,1-2,4,8-9H2. The van der Waals surface area contributed by atoms with Crippen molar-refractivity contribution in [1.29, 1.82) is 0 Å². The molecule has 1 aromatic heterocycles. The number of likely N-dealkylation sites (tertiary alicyclic amines) is 1. The van der Waals surface area contributed by atoms with Crippen LogP contribution >= 0.6 is 46.1 Å². The molecule has 1 aromatic carbocycles. The Morgan fingerprint density at radius 3 is 2.83 bits per heavy atom. The van der Waals surface area contributed by atoms with E-state index in [0.29, 0.717) is 33.3 Å². The molecule has 2 aromatic rings. The number of amides is 1. The second kappa shape index (κ2) is 7.91. The lowest BCUT2D eigenvalue weighted by atomic mass is 9.99. The molecule has 1 saturated heterocycles. The summed E-state index contributed by atoms with van der Waals surface area (Å²) in [5.41, 5.74) is 0. The van der Waals surface area contributed by atoms with Crippen LogP contribution in [0.3, 0.4) is 0 Å². The number of benzene rings is 1. The van der Waals surface area contributed by atoms with Gasteiger partial charge in [-0.05, 0) is 18.9 Å². The minimum Gasteiger partial charge on any atom is -0.482 e. The lowest BCUT2D eigenvalue weighted by Gasteiger charge is -2.31. The zero-order chi connectivity index (χ0) is 17.1. The monoisotopic (exact) mass is 404 g/mol. The summed E-state index contributed by atoms with van der Waals surface area (Å²) in [6.45, 7) is 1.33. The molecule has 24 heavy (non-hydrogen) atoms. The average molecular weight is 406 g/mol. The zero-order valence-corrected chi connectivity index (χ0v) is 15.8. The Bertz CT molecular complexity index is 724.